The molecule has 0 radical (unpaired) electrons. The molecule has 0 unspecified atom stereocenters. The Morgan fingerprint density at radius 2 is 1.72 bits per heavy atom. The highest BCUT2D eigenvalue weighted by Crippen LogP contribution is 2.36. The molecular weight excluding hydrogens is 224 g/mol. The van der Waals surface area contributed by atoms with Gasteiger partial charge >= 0.3 is 0 Å². The van der Waals surface area contributed by atoms with Gasteiger partial charge in [-0.1, -0.05) is 20.3 Å². The monoisotopic (exact) mass is 254 g/mol. The van der Waals surface area contributed by atoms with E-state index in [0.29, 0.717) is 10.8 Å². The van der Waals surface area contributed by atoms with E-state index < -0.39 is 0 Å². The molecule has 0 aliphatic carbocycles. The zero-order valence-electron chi connectivity index (χ0n) is 12.2. The van der Waals surface area contributed by atoms with Crippen LogP contribution in [0.1, 0.15) is 46.0 Å². The first-order chi connectivity index (χ1) is 8.61. The van der Waals surface area contributed by atoms with Crippen LogP contribution in [0.4, 0.5) is 0 Å². The smallest absolute Gasteiger partial charge is 0.0472 e. The van der Waals surface area contributed by atoms with Crippen molar-refractivity contribution in [1.82, 2.24) is 4.90 Å². The maximum atomic E-state index is 6.05. The van der Waals surface area contributed by atoms with Crippen LogP contribution in [0.15, 0.2) is 0 Å². The summed E-state index contributed by atoms with van der Waals surface area (Å²) in [5.41, 5.74) is 6.97. The van der Waals surface area contributed by atoms with Crippen molar-refractivity contribution in [2.24, 2.45) is 16.6 Å². The molecule has 2 saturated heterocycles. The number of rotatable bonds is 4. The van der Waals surface area contributed by atoms with Crippen molar-refractivity contribution in [2.75, 3.05) is 39.4 Å². The molecular formula is C15H30N2O. The average molecular weight is 254 g/mol. The number of hydrogen-bond donors (Lipinski definition) is 1. The summed E-state index contributed by atoms with van der Waals surface area (Å²) in [6.07, 6.45) is 6.30. The molecule has 0 aromatic carbocycles. The summed E-state index contributed by atoms with van der Waals surface area (Å²) in [5.74, 6) is 0. The van der Waals surface area contributed by atoms with Crippen molar-refractivity contribution < 1.29 is 4.74 Å². The Labute approximate surface area is 112 Å². The number of nitrogens with zero attached hydrogens (tertiary/aromatic N) is 1. The molecule has 2 aliphatic rings. The Balaban J connectivity index is 1.86. The average Bonchev–Trinajstić information content (AvgIpc) is 2.43. The van der Waals surface area contributed by atoms with Gasteiger partial charge in [-0.2, -0.15) is 0 Å². The van der Waals surface area contributed by atoms with Crippen LogP contribution in [0.2, 0.25) is 0 Å². The third-order valence-electron chi connectivity index (χ3n) is 5.46. The molecule has 0 bridgehead atoms. The molecule has 0 aromatic heterocycles. The molecule has 0 atom stereocenters. The fourth-order valence-corrected chi connectivity index (χ4v) is 3.31. The number of hydrogen-bond acceptors (Lipinski definition) is 3. The van der Waals surface area contributed by atoms with Crippen molar-refractivity contribution in [3.63, 3.8) is 0 Å². The van der Waals surface area contributed by atoms with Gasteiger partial charge in [0.1, 0.15) is 0 Å². The second kappa shape index (κ2) is 5.89. The fourth-order valence-electron chi connectivity index (χ4n) is 3.31. The lowest BCUT2D eigenvalue weighted by atomic mass is 9.76. The molecule has 0 spiro atoms. The van der Waals surface area contributed by atoms with E-state index in [1.807, 2.05) is 0 Å². The van der Waals surface area contributed by atoms with Crippen LogP contribution in [0.3, 0.4) is 0 Å². The van der Waals surface area contributed by atoms with Gasteiger partial charge < -0.3 is 15.4 Å². The first-order valence-electron chi connectivity index (χ1n) is 7.62. The van der Waals surface area contributed by atoms with Gasteiger partial charge in [0.25, 0.3) is 0 Å². The highest BCUT2D eigenvalue weighted by atomic mass is 16.5. The van der Waals surface area contributed by atoms with E-state index in [9.17, 15) is 0 Å². The van der Waals surface area contributed by atoms with Crippen molar-refractivity contribution in [1.29, 1.82) is 0 Å². The normalized spacial score (nSPS) is 28.2. The summed E-state index contributed by atoms with van der Waals surface area (Å²) in [4.78, 5) is 2.65. The fraction of sp³-hybridized carbons (Fsp3) is 1.00. The molecule has 2 aliphatic heterocycles. The van der Waals surface area contributed by atoms with Gasteiger partial charge in [-0.05, 0) is 56.1 Å². The molecule has 2 fully saturated rings. The quantitative estimate of drug-likeness (QED) is 0.836. The van der Waals surface area contributed by atoms with Gasteiger partial charge in [0.05, 0.1) is 0 Å². The molecule has 2 rings (SSSR count). The molecule has 106 valence electrons. The third kappa shape index (κ3) is 3.25. The highest BCUT2D eigenvalue weighted by Gasteiger charge is 2.36. The number of piperidine rings is 1. The van der Waals surface area contributed by atoms with Gasteiger partial charge in [0.2, 0.25) is 0 Å². The Morgan fingerprint density at radius 3 is 2.22 bits per heavy atom. The van der Waals surface area contributed by atoms with Crippen molar-refractivity contribution in [3.05, 3.63) is 0 Å². The standard InChI is InChI=1S/C15H30N2O/c1-3-14(2)4-8-17(9-5-14)13-15(12-16)6-10-18-11-7-15/h3-13,16H2,1-2H3. The molecule has 18 heavy (non-hydrogen) atoms. The Bertz CT molecular complexity index is 253. The number of ether oxygens (including phenoxy) is 1. The molecule has 3 heteroatoms. The van der Waals surface area contributed by atoms with Crippen molar-refractivity contribution in [2.45, 2.75) is 46.0 Å². The van der Waals surface area contributed by atoms with Gasteiger partial charge in [-0.15, -0.1) is 0 Å². The van der Waals surface area contributed by atoms with E-state index in [0.717, 1.165) is 32.6 Å². The van der Waals surface area contributed by atoms with E-state index >= 15 is 0 Å². The first-order valence-corrected chi connectivity index (χ1v) is 7.62. The Kier molecular flexibility index (Phi) is 4.68. The SMILES string of the molecule is CCC1(C)CCN(CC2(CN)CCOCC2)CC1. The van der Waals surface area contributed by atoms with E-state index in [2.05, 4.69) is 18.7 Å². The molecule has 2 heterocycles. The zero-order valence-corrected chi connectivity index (χ0v) is 12.2. The van der Waals surface area contributed by atoms with E-state index in [-0.39, 0.29) is 0 Å². The number of nitrogens with two attached hydrogens (primary N) is 1. The predicted molar refractivity (Wildman–Crippen MR) is 75.6 cm³/mol. The summed E-state index contributed by atoms with van der Waals surface area (Å²) < 4.78 is 5.49. The minimum Gasteiger partial charge on any atom is -0.381 e. The Hall–Kier alpha value is -0.120. The predicted octanol–water partition coefficient (Wildman–Crippen LogP) is 2.25. The van der Waals surface area contributed by atoms with Crippen LogP contribution < -0.4 is 5.73 Å². The van der Waals surface area contributed by atoms with Crippen LogP contribution in [0, 0.1) is 10.8 Å². The van der Waals surface area contributed by atoms with Crippen LogP contribution in [-0.2, 0) is 4.74 Å². The summed E-state index contributed by atoms with van der Waals surface area (Å²) in [6, 6.07) is 0. The van der Waals surface area contributed by atoms with Crippen LogP contribution in [-0.4, -0.2) is 44.3 Å². The molecule has 3 nitrogen and oxygen atoms in total. The maximum absolute atomic E-state index is 6.05. The first kappa shape index (κ1) is 14.3. The number of likely N-dealkylation sites (tertiary alicyclic amines) is 1. The minimum atomic E-state index is 0.332. The minimum absolute atomic E-state index is 0.332. The zero-order chi connectivity index (χ0) is 13.1. The molecule has 0 amide bonds. The third-order valence-corrected chi connectivity index (χ3v) is 5.46. The second-order valence-corrected chi connectivity index (χ2v) is 6.76. The van der Waals surface area contributed by atoms with Gasteiger partial charge in [-0.3, -0.25) is 0 Å². The van der Waals surface area contributed by atoms with Crippen molar-refractivity contribution in [3.8, 4) is 0 Å². The summed E-state index contributed by atoms with van der Waals surface area (Å²) in [5, 5.41) is 0. The van der Waals surface area contributed by atoms with Gasteiger partial charge in [0.15, 0.2) is 0 Å². The van der Waals surface area contributed by atoms with Crippen LogP contribution in [0.25, 0.3) is 0 Å². The Morgan fingerprint density at radius 1 is 1.11 bits per heavy atom. The second-order valence-electron chi connectivity index (χ2n) is 6.76. The van der Waals surface area contributed by atoms with E-state index in [1.165, 1.54) is 38.9 Å². The topological polar surface area (TPSA) is 38.5 Å². The van der Waals surface area contributed by atoms with Gasteiger partial charge in [-0.25, -0.2) is 0 Å². The molecule has 0 saturated carbocycles. The van der Waals surface area contributed by atoms with E-state index in [1.54, 1.807) is 0 Å². The highest BCUT2D eigenvalue weighted by molar-refractivity contribution is 4.89. The van der Waals surface area contributed by atoms with Crippen LogP contribution in [0.5, 0.6) is 0 Å². The lowest BCUT2D eigenvalue weighted by Gasteiger charge is -2.45. The van der Waals surface area contributed by atoms with Gasteiger partial charge in [0, 0.05) is 19.8 Å². The summed E-state index contributed by atoms with van der Waals surface area (Å²) in [6.45, 7) is 11.1. The summed E-state index contributed by atoms with van der Waals surface area (Å²) >= 11 is 0. The largest absolute Gasteiger partial charge is 0.381 e. The lowest BCUT2D eigenvalue weighted by Crippen LogP contribution is -2.49. The van der Waals surface area contributed by atoms with E-state index in [4.69, 9.17) is 10.5 Å². The van der Waals surface area contributed by atoms with Crippen LogP contribution >= 0.6 is 0 Å². The van der Waals surface area contributed by atoms with Crippen molar-refractivity contribution >= 4 is 0 Å². The molecule has 2 N–H and O–H groups in total. The molecule has 0 aromatic rings. The lowest BCUT2D eigenvalue weighted by molar-refractivity contribution is -0.0110. The maximum Gasteiger partial charge on any atom is 0.0472 e. The summed E-state index contributed by atoms with van der Waals surface area (Å²) in [7, 11) is 0.